The fraction of sp³-hybridized carbons (Fsp3) is 0.273. The Morgan fingerprint density at radius 2 is 1.37 bits per heavy atom. The van der Waals surface area contributed by atoms with Gasteiger partial charge in [-0.2, -0.15) is 4.31 Å². The number of hydrogen-bond acceptors (Lipinski definition) is 6. The highest BCUT2D eigenvalue weighted by atomic mass is 32.2. The Morgan fingerprint density at radius 1 is 0.767 bits per heavy atom. The summed E-state index contributed by atoms with van der Waals surface area (Å²) in [5.41, 5.74) is 3.20. The molecule has 1 fully saturated rings. The van der Waals surface area contributed by atoms with Crippen molar-refractivity contribution in [3.8, 4) is 0 Å². The number of sulfonamides is 1. The summed E-state index contributed by atoms with van der Waals surface area (Å²) < 4.78 is 27.2. The van der Waals surface area contributed by atoms with Crippen molar-refractivity contribution in [2.24, 2.45) is 0 Å². The van der Waals surface area contributed by atoms with Crippen molar-refractivity contribution in [3.63, 3.8) is 0 Å². The Balaban J connectivity index is 1.38. The molecule has 0 spiro atoms. The van der Waals surface area contributed by atoms with Crippen molar-refractivity contribution < 1.29 is 8.42 Å². The van der Waals surface area contributed by atoms with Gasteiger partial charge in [-0.15, -0.1) is 10.2 Å². The summed E-state index contributed by atoms with van der Waals surface area (Å²) in [5.74, 6) is 1.42. The van der Waals surface area contributed by atoms with Gasteiger partial charge in [-0.25, -0.2) is 8.42 Å². The van der Waals surface area contributed by atoms with E-state index in [9.17, 15) is 8.42 Å². The van der Waals surface area contributed by atoms with Crippen LogP contribution < -0.4 is 10.2 Å². The van der Waals surface area contributed by atoms with Crippen molar-refractivity contribution in [1.82, 2.24) is 14.5 Å². The standard InChI is InChI=1S/C22H25N5O2S/c1-17-3-7-19(8-4-17)23-21-11-12-22(25-24-21)26-13-15-27(16-14-26)30(28,29)20-9-5-18(2)6-10-20/h3-12H,13-16H2,1-2H3,(H,23,24). The Labute approximate surface area is 177 Å². The minimum absolute atomic E-state index is 0.341. The molecule has 0 radical (unpaired) electrons. The Bertz CT molecular complexity index is 1090. The first-order valence-electron chi connectivity index (χ1n) is 9.91. The molecular weight excluding hydrogens is 398 g/mol. The van der Waals surface area contributed by atoms with E-state index in [0.717, 1.165) is 17.1 Å². The zero-order valence-corrected chi connectivity index (χ0v) is 17.9. The topological polar surface area (TPSA) is 78.4 Å². The number of hydrogen-bond donors (Lipinski definition) is 1. The lowest BCUT2D eigenvalue weighted by atomic mass is 10.2. The van der Waals surface area contributed by atoms with Crippen LogP contribution in [0.2, 0.25) is 0 Å². The molecule has 1 aliphatic heterocycles. The van der Waals surface area contributed by atoms with Crippen LogP contribution in [0.15, 0.2) is 65.6 Å². The van der Waals surface area contributed by atoms with E-state index in [1.54, 1.807) is 12.1 Å². The van der Waals surface area contributed by atoms with Crippen LogP contribution in [0.3, 0.4) is 0 Å². The SMILES string of the molecule is Cc1ccc(Nc2ccc(N3CCN(S(=O)(=O)c4ccc(C)cc4)CC3)nn2)cc1. The van der Waals surface area contributed by atoms with E-state index in [1.807, 2.05) is 62.4 Å². The van der Waals surface area contributed by atoms with Crippen LogP contribution in [0.25, 0.3) is 0 Å². The molecule has 1 aromatic heterocycles. The zero-order valence-electron chi connectivity index (χ0n) is 17.1. The van der Waals surface area contributed by atoms with Gasteiger partial charge in [0.2, 0.25) is 10.0 Å². The summed E-state index contributed by atoms with van der Waals surface area (Å²) in [6.45, 7) is 5.97. The maximum Gasteiger partial charge on any atom is 0.243 e. The molecule has 7 nitrogen and oxygen atoms in total. The predicted octanol–water partition coefficient (Wildman–Crippen LogP) is 3.35. The zero-order chi connectivity index (χ0) is 21.1. The first kappa shape index (κ1) is 20.3. The van der Waals surface area contributed by atoms with Gasteiger partial charge < -0.3 is 10.2 Å². The second-order valence-corrected chi connectivity index (χ2v) is 9.41. The fourth-order valence-electron chi connectivity index (χ4n) is 3.36. The molecule has 4 rings (SSSR count). The molecule has 156 valence electrons. The third kappa shape index (κ3) is 4.44. The van der Waals surface area contributed by atoms with Gasteiger partial charge in [0.1, 0.15) is 0 Å². The Hall–Kier alpha value is -2.97. The first-order valence-corrected chi connectivity index (χ1v) is 11.3. The summed E-state index contributed by atoms with van der Waals surface area (Å²) in [5, 5.41) is 11.8. The largest absolute Gasteiger partial charge is 0.352 e. The molecule has 0 saturated carbocycles. The third-order valence-electron chi connectivity index (χ3n) is 5.20. The number of piperazine rings is 1. The Kier molecular flexibility index (Phi) is 5.69. The molecule has 2 aromatic carbocycles. The molecule has 0 aliphatic carbocycles. The van der Waals surface area contributed by atoms with E-state index >= 15 is 0 Å². The van der Waals surface area contributed by atoms with Crippen LogP contribution in [0.5, 0.6) is 0 Å². The number of aryl methyl sites for hydroxylation is 2. The quantitative estimate of drug-likeness (QED) is 0.678. The van der Waals surface area contributed by atoms with Gasteiger partial charge in [-0.1, -0.05) is 35.4 Å². The molecule has 0 amide bonds. The highest BCUT2D eigenvalue weighted by Gasteiger charge is 2.28. The number of nitrogens with zero attached hydrogens (tertiary/aromatic N) is 4. The van der Waals surface area contributed by atoms with Crippen molar-refractivity contribution in [2.45, 2.75) is 18.7 Å². The monoisotopic (exact) mass is 423 g/mol. The number of nitrogens with one attached hydrogen (secondary N) is 1. The van der Waals surface area contributed by atoms with E-state index in [2.05, 4.69) is 20.4 Å². The van der Waals surface area contributed by atoms with E-state index in [0.29, 0.717) is 36.9 Å². The molecule has 1 N–H and O–H groups in total. The molecule has 1 saturated heterocycles. The fourth-order valence-corrected chi connectivity index (χ4v) is 4.78. The van der Waals surface area contributed by atoms with E-state index < -0.39 is 10.0 Å². The summed E-state index contributed by atoms with van der Waals surface area (Å²) in [6.07, 6.45) is 0. The molecule has 30 heavy (non-hydrogen) atoms. The lowest BCUT2D eigenvalue weighted by Crippen LogP contribution is -2.49. The molecule has 0 unspecified atom stereocenters. The van der Waals surface area contributed by atoms with Crippen LogP contribution in [-0.2, 0) is 10.0 Å². The van der Waals surface area contributed by atoms with Gasteiger partial charge in [-0.05, 0) is 50.2 Å². The van der Waals surface area contributed by atoms with Crippen molar-refractivity contribution >= 4 is 27.3 Å². The average molecular weight is 424 g/mol. The Morgan fingerprint density at radius 3 is 1.93 bits per heavy atom. The van der Waals surface area contributed by atoms with Gasteiger partial charge in [0.25, 0.3) is 0 Å². The highest BCUT2D eigenvalue weighted by Crippen LogP contribution is 2.21. The highest BCUT2D eigenvalue weighted by molar-refractivity contribution is 7.89. The maximum atomic E-state index is 12.9. The van der Waals surface area contributed by atoms with Crippen molar-refractivity contribution in [3.05, 3.63) is 71.8 Å². The van der Waals surface area contributed by atoms with Crippen molar-refractivity contribution in [2.75, 3.05) is 36.4 Å². The van der Waals surface area contributed by atoms with Crippen LogP contribution in [-0.4, -0.2) is 49.1 Å². The summed E-state index contributed by atoms with van der Waals surface area (Å²) in [6, 6.07) is 18.9. The summed E-state index contributed by atoms with van der Waals surface area (Å²) >= 11 is 0. The second kappa shape index (κ2) is 8.41. The van der Waals surface area contributed by atoms with Gasteiger partial charge in [0.05, 0.1) is 4.90 Å². The maximum absolute atomic E-state index is 12.9. The van der Waals surface area contributed by atoms with Crippen molar-refractivity contribution in [1.29, 1.82) is 0 Å². The average Bonchev–Trinajstić information content (AvgIpc) is 2.76. The molecule has 8 heteroatoms. The van der Waals surface area contributed by atoms with Crippen LogP contribution in [0, 0.1) is 13.8 Å². The predicted molar refractivity (Wildman–Crippen MR) is 119 cm³/mol. The molecular formula is C22H25N5O2S. The van der Waals surface area contributed by atoms with E-state index in [4.69, 9.17) is 0 Å². The van der Waals surface area contributed by atoms with E-state index in [1.165, 1.54) is 9.87 Å². The molecule has 2 heterocycles. The number of benzene rings is 2. The molecule has 1 aliphatic rings. The number of rotatable bonds is 5. The first-order chi connectivity index (χ1) is 14.4. The molecule has 3 aromatic rings. The lowest BCUT2D eigenvalue weighted by molar-refractivity contribution is 0.383. The molecule has 0 atom stereocenters. The smallest absolute Gasteiger partial charge is 0.243 e. The lowest BCUT2D eigenvalue weighted by Gasteiger charge is -2.34. The normalized spacial score (nSPS) is 15.2. The van der Waals surface area contributed by atoms with Gasteiger partial charge >= 0.3 is 0 Å². The van der Waals surface area contributed by atoms with Gasteiger partial charge in [-0.3, -0.25) is 0 Å². The van der Waals surface area contributed by atoms with Crippen LogP contribution >= 0.6 is 0 Å². The third-order valence-corrected chi connectivity index (χ3v) is 7.11. The second-order valence-electron chi connectivity index (χ2n) is 7.47. The summed E-state index contributed by atoms with van der Waals surface area (Å²) in [7, 11) is -3.47. The molecule has 0 bridgehead atoms. The van der Waals surface area contributed by atoms with E-state index in [-0.39, 0.29) is 0 Å². The van der Waals surface area contributed by atoms with Gasteiger partial charge in [0, 0.05) is 31.9 Å². The van der Waals surface area contributed by atoms with Crippen LogP contribution in [0.1, 0.15) is 11.1 Å². The van der Waals surface area contributed by atoms with Crippen LogP contribution in [0.4, 0.5) is 17.3 Å². The summed E-state index contributed by atoms with van der Waals surface area (Å²) in [4.78, 5) is 2.40. The van der Waals surface area contributed by atoms with Gasteiger partial charge in [0.15, 0.2) is 11.6 Å². The minimum Gasteiger partial charge on any atom is -0.352 e. The number of aromatic nitrogens is 2. The number of anilines is 3. The minimum atomic E-state index is -3.47.